The van der Waals surface area contributed by atoms with Crippen molar-refractivity contribution in [3.05, 3.63) is 47.8 Å². The molecule has 0 aliphatic carbocycles. The Kier molecular flexibility index (Phi) is 4.34. The van der Waals surface area contributed by atoms with E-state index in [4.69, 9.17) is 10.5 Å². The number of primary amides is 1. The third-order valence-electron chi connectivity index (χ3n) is 3.62. The van der Waals surface area contributed by atoms with Crippen LogP contribution in [0.2, 0.25) is 0 Å². The predicted octanol–water partition coefficient (Wildman–Crippen LogP) is 1.39. The number of carbonyl (C=O) groups excluding carboxylic acids is 2. The minimum atomic E-state index is -0.614. The Morgan fingerprint density at radius 1 is 1.32 bits per heavy atom. The summed E-state index contributed by atoms with van der Waals surface area (Å²) in [6, 6.07) is 8.44. The highest BCUT2D eigenvalue weighted by Crippen LogP contribution is 2.22. The molecule has 0 aliphatic rings. The highest BCUT2D eigenvalue weighted by molar-refractivity contribution is 6.06. The number of nitrogens with zero attached hydrogens (tertiary/aromatic N) is 3. The monoisotopic (exact) mass is 339 g/mol. The van der Waals surface area contributed by atoms with Crippen LogP contribution >= 0.6 is 0 Å². The molecule has 3 rings (SSSR count). The molecule has 3 N–H and O–H groups in total. The van der Waals surface area contributed by atoms with Gasteiger partial charge < -0.3 is 15.8 Å². The zero-order chi connectivity index (χ0) is 18.0. The number of aromatic nitrogens is 3. The van der Waals surface area contributed by atoms with Crippen molar-refractivity contribution in [2.45, 2.75) is 6.92 Å². The summed E-state index contributed by atoms with van der Waals surface area (Å²) in [7, 11) is 1.81. The van der Waals surface area contributed by atoms with Gasteiger partial charge in [-0.15, -0.1) is 0 Å². The summed E-state index contributed by atoms with van der Waals surface area (Å²) in [5, 5.41) is 7.94. The van der Waals surface area contributed by atoms with E-state index in [1.165, 1.54) is 0 Å². The molecule has 8 heteroatoms. The Morgan fingerprint density at radius 3 is 2.84 bits per heavy atom. The summed E-state index contributed by atoms with van der Waals surface area (Å²) in [4.78, 5) is 27.8. The maximum absolute atomic E-state index is 12.5. The van der Waals surface area contributed by atoms with E-state index in [0.29, 0.717) is 11.3 Å². The third-order valence-corrected chi connectivity index (χ3v) is 3.62. The number of nitrogens with one attached hydrogen (secondary N) is 1. The molecule has 0 saturated carbocycles. The van der Waals surface area contributed by atoms with Crippen LogP contribution < -0.4 is 15.8 Å². The van der Waals surface area contributed by atoms with Crippen molar-refractivity contribution in [3.8, 4) is 5.75 Å². The Hall–Kier alpha value is -3.42. The molecule has 0 radical (unpaired) electrons. The van der Waals surface area contributed by atoms with Gasteiger partial charge in [0.15, 0.2) is 12.3 Å². The van der Waals surface area contributed by atoms with Crippen molar-refractivity contribution in [1.82, 2.24) is 14.8 Å². The van der Waals surface area contributed by atoms with E-state index in [9.17, 15) is 9.59 Å². The Bertz CT molecular complexity index is 964. The summed E-state index contributed by atoms with van der Waals surface area (Å²) in [5.74, 6) is -0.704. The van der Waals surface area contributed by atoms with Crippen molar-refractivity contribution >= 4 is 28.5 Å². The second-order valence-corrected chi connectivity index (χ2v) is 5.51. The molecule has 1 aromatic carbocycles. The van der Waals surface area contributed by atoms with Gasteiger partial charge in [0.25, 0.3) is 11.8 Å². The number of hydrogen-bond acceptors (Lipinski definition) is 5. The van der Waals surface area contributed by atoms with Crippen LogP contribution in [0.1, 0.15) is 16.1 Å². The molecule has 0 fully saturated rings. The summed E-state index contributed by atoms with van der Waals surface area (Å²) in [6.07, 6.45) is 1.56. The number of ether oxygens (including phenoxy) is 1. The second kappa shape index (κ2) is 6.60. The second-order valence-electron chi connectivity index (χ2n) is 5.51. The van der Waals surface area contributed by atoms with Crippen LogP contribution in [-0.2, 0) is 11.8 Å². The molecule has 2 aromatic heterocycles. The maximum atomic E-state index is 12.5. The van der Waals surface area contributed by atoms with Gasteiger partial charge in [-0.05, 0) is 25.1 Å². The van der Waals surface area contributed by atoms with E-state index < -0.39 is 5.91 Å². The van der Waals surface area contributed by atoms with Gasteiger partial charge in [-0.2, -0.15) is 5.10 Å². The fourth-order valence-electron chi connectivity index (χ4n) is 2.50. The van der Waals surface area contributed by atoms with E-state index in [1.54, 1.807) is 35.1 Å². The highest BCUT2D eigenvalue weighted by Gasteiger charge is 2.14. The van der Waals surface area contributed by atoms with Crippen LogP contribution in [0.25, 0.3) is 11.0 Å². The van der Waals surface area contributed by atoms with E-state index >= 15 is 0 Å². The molecule has 0 unspecified atom stereocenters. The zero-order valence-corrected chi connectivity index (χ0v) is 13.8. The highest BCUT2D eigenvalue weighted by atomic mass is 16.5. The first kappa shape index (κ1) is 16.4. The number of fused-ring (bicyclic) bond motifs is 1. The number of hydrogen-bond donors (Lipinski definition) is 2. The van der Waals surface area contributed by atoms with Crippen molar-refractivity contribution in [2.75, 3.05) is 11.9 Å². The number of anilines is 1. The van der Waals surface area contributed by atoms with Crippen LogP contribution in [0.3, 0.4) is 0 Å². The van der Waals surface area contributed by atoms with Gasteiger partial charge in [0.1, 0.15) is 5.75 Å². The summed E-state index contributed by atoms with van der Waals surface area (Å²) in [6.45, 7) is 1.58. The predicted molar refractivity (Wildman–Crippen MR) is 92.3 cm³/mol. The number of nitrogens with two attached hydrogens (primary N) is 1. The summed E-state index contributed by atoms with van der Waals surface area (Å²) in [5.41, 5.74) is 7.48. The average molecular weight is 339 g/mol. The number of amides is 2. The molecule has 0 bridgehead atoms. The molecule has 0 spiro atoms. The smallest absolute Gasteiger partial charge is 0.259 e. The Morgan fingerprint density at radius 2 is 2.08 bits per heavy atom. The minimum Gasteiger partial charge on any atom is -0.483 e. The van der Waals surface area contributed by atoms with Gasteiger partial charge >= 0.3 is 0 Å². The van der Waals surface area contributed by atoms with Crippen molar-refractivity contribution in [3.63, 3.8) is 0 Å². The van der Waals surface area contributed by atoms with E-state index in [1.807, 2.05) is 20.0 Å². The minimum absolute atomic E-state index is 0.283. The normalized spacial score (nSPS) is 10.6. The molecule has 3 aromatic rings. The van der Waals surface area contributed by atoms with Crippen LogP contribution in [0.4, 0.5) is 5.69 Å². The zero-order valence-electron chi connectivity index (χ0n) is 13.8. The molecule has 0 atom stereocenters. The van der Waals surface area contributed by atoms with Crippen molar-refractivity contribution in [1.29, 1.82) is 0 Å². The summed E-state index contributed by atoms with van der Waals surface area (Å²) < 4.78 is 6.97. The molecule has 2 heterocycles. The van der Waals surface area contributed by atoms with Gasteiger partial charge in [0, 0.05) is 12.4 Å². The Balaban J connectivity index is 1.85. The first-order chi connectivity index (χ1) is 12.0. The maximum Gasteiger partial charge on any atom is 0.259 e. The van der Waals surface area contributed by atoms with E-state index in [0.717, 1.165) is 16.7 Å². The van der Waals surface area contributed by atoms with Gasteiger partial charge in [-0.3, -0.25) is 14.3 Å². The first-order valence-corrected chi connectivity index (χ1v) is 7.56. The molecule has 128 valence electrons. The van der Waals surface area contributed by atoms with Crippen LogP contribution in [0, 0.1) is 6.92 Å². The lowest BCUT2D eigenvalue weighted by Crippen LogP contribution is -2.21. The standard InChI is InChI=1S/C17H17N5O3/c1-10-13-7-11(8-19-16(13)22(2)21-10)20-17(24)12-5-3-4-6-14(12)25-9-15(18)23/h3-8H,9H2,1-2H3,(H2,18,23)(H,20,24). The fraction of sp³-hybridized carbons (Fsp3) is 0.176. The number of aryl methyl sites for hydroxylation is 2. The lowest BCUT2D eigenvalue weighted by atomic mass is 10.2. The van der Waals surface area contributed by atoms with Gasteiger partial charge in [-0.25, -0.2) is 4.98 Å². The number of pyridine rings is 1. The third kappa shape index (κ3) is 3.42. The fourth-order valence-corrected chi connectivity index (χ4v) is 2.50. The number of benzene rings is 1. The lowest BCUT2D eigenvalue weighted by molar-refractivity contribution is -0.119. The van der Waals surface area contributed by atoms with Crippen molar-refractivity contribution < 1.29 is 14.3 Å². The van der Waals surface area contributed by atoms with E-state index in [2.05, 4.69) is 15.4 Å². The number of para-hydroxylation sites is 1. The molecular formula is C17H17N5O3. The molecule has 0 saturated heterocycles. The molecule has 25 heavy (non-hydrogen) atoms. The van der Waals surface area contributed by atoms with Crippen LogP contribution in [0.15, 0.2) is 36.5 Å². The van der Waals surface area contributed by atoms with Gasteiger partial charge in [0.05, 0.1) is 23.1 Å². The molecule has 2 amide bonds. The van der Waals surface area contributed by atoms with Crippen LogP contribution in [0.5, 0.6) is 5.75 Å². The lowest BCUT2D eigenvalue weighted by Gasteiger charge is -2.10. The average Bonchev–Trinajstić information content (AvgIpc) is 2.87. The van der Waals surface area contributed by atoms with Crippen molar-refractivity contribution in [2.24, 2.45) is 12.8 Å². The largest absolute Gasteiger partial charge is 0.483 e. The topological polar surface area (TPSA) is 112 Å². The Labute approximate surface area is 143 Å². The molecule has 8 nitrogen and oxygen atoms in total. The molecule has 0 aliphatic heterocycles. The SMILES string of the molecule is Cc1nn(C)c2ncc(NC(=O)c3ccccc3OCC(N)=O)cc12. The number of rotatable bonds is 5. The summed E-state index contributed by atoms with van der Waals surface area (Å²) >= 11 is 0. The van der Waals surface area contributed by atoms with Gasteiger partial charge in [0.2, 0.25) is 0 Å². The number of carbonyl (C=O) groups is 2. The quantitative estimate of drug-likeness (QED) is 0.729. The van der Waals surface area contributed by atoms with Gasteiger partial charge in [-0.1, -0.05) is 12.1 Å². The molecular weight excluding hydrogens is 322 g/mol. The first-order valence-electron chi connectivity index (χ1n) is 7.56. The van der Waals surface area contributed by atoms with E-state index in [-0.39, 0.29) is 18.3 Å². The van der Waals surface area contributed by atoms with Crippen LogP contribution in [-0.4, -0.2) is 33.2 Å².